The van der Waals surface area contributed by atoms with E-state index in [-0.39, 0.29) is 0 Å². The van der Waals surface area contributed by atoms with Crippen molar-refractivity contribution in [2.45, 2.75) is 39.0 Å². The minimum Gasteiger partial charge on any atom is -0.262 e. The Hall–Kier alpha value is -0.850. The molecule has 0 radical (unpaired) electrons. The van der Waals surface area contributed by atoms with Crippen molar-refractivity contribution in [2.75, 3.05) is 0 Å². The predicted octanol–water partition coefficient (Wildman–Crippen LogP) is 3.24. The Morgan fingerprint density at radius 2 is 2.25 bits per heavy atom. The zero-order chi connectivity index (χ0) is 8.39. The summed E-state index contributed by atoms with van der Waals surface area (Å²) in [5, 5.41) is 0. The molecule has 1 aliphatic heterocycles. The maximum atomic E-state index is 4.67. The summed E-state index contributed by atoms with van der Waals surface area (Å²) in [4.78, 5) is 4.67. The van der Waals surface area contributed by atoms with Crippen molar-refractivity contribution in [3.05, 3.63) is 23.4 Å². The van der Waals surface area contributed by atoms with E-state index in [0.717, 1.165) is 12.8 Å². The maximum absolute atomic E-state index is 4.67. The minimum atomic E-state index is 1.13. The molecular weight excluding hydrogens is 146 g/mol. The van der Waals surface area contributed by atoms with Crippen LogP contribution in [0.5, 0.6) is 0 Å². The number of hydrogen-bond acceptors (Lipinski definition) is 1. The van der Waals surface area contributed by atoms with Crippen LogP contribution in [0.2, 0.25) is 0 Å². The number of hydrogen-bond donors (Lipinski definition) is 0. The van der Waals surface area contributed by atoms with Crippen LogP contribution in [0.25, 0.3) is 0 Å². The Labute approximate surface area is 73.9 Å². The fourth-order valence-corrected chi connectivity index (χ4v) is 1.84. The van der Waals surface area contributed by atoms with Crippen LogP contribution in [0.3, 0.4) is 0 Å². The third-order valence-electron chi connectivity index (χ3n) is 2.62. The number of rotatable bonds is 1. The van der Waals surface area contributed by atoms with Crippen molar-refractivity contribution in [3.8, 4) is 0 Å². The summed E-state index contributed by atoms with van der Waals surface area (Å²) < 4.78 is 0. The second-order valence-corrected chi connectivity index (χ2v) is 3.44. The normalized spacial score (nSPS) is 22.2. The molecule has 2 aliphatic rings. The van der Waals surface area contributed by atoms with Crippen molar-refractivity contribution in [1.82, 2.24) is 0 Å². The van der Waals surface area contributed by atoms with Gasteiger partial charge in [-0.15, -0.1) is 0 Å². The van der Waals surface area contributed by atoms with E-state index in [2.05, 4.69) is 24.1 Å². The summed E-state index contributed by atoms with van der Waals surface area (Å²) in [6, 6.07) is 0. The molecule has 0 aromatic carbocycles. The number of aliphatic imine (C=N–C) groups is 1. The zero-order valence-corrected chi connectivity index (χ0v) is 7.64. The molecular formula is C11H15N. The smallest absolute Gasteiger partial charge is 0.0438 e. The lowest BCUT2D eigenvalue weighted by Crippen LogP contribution is -2.06. The van der Waals surface area contributed by atoms with Gasteiger partial charge >= 0.3 is 0 Å². The second kappa shape index (κ2) is 3.26. The lowest BCUT2D eigenvalue weighted by molar-refractivity contribution is 0.846. The Bertz CT molecular complexity index is 269. The summed E-state index contributed by atoms with van der Waals surface area (Å²) in [5.41, 5.74) is 4.24. The van der Waals surface area contributed by atoms with Gasteiger partial charge in [-0.05, 0) is 37.7 Å². The predicted molar refractivity (Wildman–Crippen MR) is 52.4 cm³/mol. The van der Waals surface area contributed by atoms with Crippen LogP contribution in [0.15, 0.2) is 28.4 Å². The van der Waals surface area contributed by atoms with Gasteiger partial charge in [0, 0.05) is 11.4 Å². The Morgan fingerprint density at radius 3 is 3.08 bits per heavy atom. The summed E-state index contributed by atoms with van der Waals surface area (Å²) in [5.74, 6) is 0. The van der Waals surface area contributed by atoms with Gasteiger partial charge in [0.05, 0.1) is 0 Å². The van der Waals surface area contributed by atoms with Crippen LogP contribution in [-0.4, -0.2) is 5.71 Å². The van der Waals surface area contributed by atoms with Gasteiger partial charge < -0.3 is 0 Å². The van der Waals surface area contributed by atoms with Gasteiger partial charge in [0.1, 0.15) is 0 Å². The molecule has 0 aromatic rings. The van der Waals surface area contributed by atoms with Gasteiger partial charge in [-0.25, -0.2) is 0 Å². The molecule has 0 spiro atoms. The lowest BCUT2D eigenvalue weighted by Gasteiger charge is -2.18. The molecule has 64 valence electrons. The molecule has 0 amide bonds. The largest absolute Gasteiger partial charge is 0.262 e. The van der Waals surface area contributed by atoms with Gasteiger partial charge in [-0.2, -0.15) is 0 Å². The molecule has 0 saturated heterocycles. The van der Waals surface area contributed by atoms with Crippen molar-refractivity contribution in [2.24, 2.45) is 4.99 Å². The Kier molecular flexibility index (Phi) is 2.11. The molecule has 1 nitrogen and oxygen atoms in total. The van der Waals surface area contributed by atoms with E-state index < -0.39 is 0 Å². The van der Waals surface area contributed by atoms with Crippen LogP contribution >= 0.6 is 0 Å². The SMILES string of the molecule is CCC1=NC2=C(C=CCC2)CC1. The summed E-state index contributed by atoms with van der Waals surface area (Å²) >= 11 is 0. The third kappa shape index (κ3) is 1.36. The fraction of sp³-hybridized carbons (Fsp3) is 0.545. The first-order valence-corrected chi connectivity index (χ1v) is 4.85. The first-order valence-electron chi connectivity index (χ1n) is 4.85. The molecule has 0 fully saturated rings. The van der Waals surface area contributed by atoms with Crippen molar-refractivity contribution in [3.63, 3.8) is 0 Å². The molecule has 2 rings (SSSR count). The fourth-order valence-electron chi connectivity index (χ4n) is 1.84. The third-order valence-corrected chi connectivity index (χ3v) is 2.62. The lowest BCUT2D eigenvalue weighted by atomic mass is 9.95. The van der Waals surface area contributed by atoms with Gasteiger partial charge in [0.25, 0.3) is 0 Å². The molecule has 1 aliphatic carbocycles. The van der Waals surface area contributed by atoms with Crippen molar-refractivity contribution < 1.29 is 0 Å². The highest BCUT2D eigenvalue weighted by Crippen LogP contribution is 2.28. The van der Waals surface area contributed by atoms with Crippen LogP contribution in [0.4, 0.5) is 0 Å². The van der Waals surface area contributed by atoms with E-state index >= 15 is 0 Å². The molecule has 0 saturated carbocycles. The van der Waals surface area contributed by atoms with Crippen LogP contribution in [0.1, 0.15) is 39.0 Å². The van der Waals surface area contributed by atoms with Crippen LogP contribution < -0.4 is 0 Å². The number of allylic oxidation sites excluding steroid dienone is 4. The average Bonchev–Trinajstić information content (AvgIpc) is 2.17. The van der Waals surface area contributed by atoms with Gasteiger partial charge in [-0.3, -0.25) is 4.99 Å². The minimum absolute atomic E-state index is 1.13. The molecule has 0 N–H and O–H groups in total. The first-order chi connectivity index (χ1) is 5.90. The molecule has 0 bridgehead atoms. The van der Waals surface area contributed by atoms with E-state index in [4.69, 9.17) is 0 Å². The monoisotopic (exact) mass is 161 g/mol. The van der Waals surface area contributed by atoms with Crippen LogP contribution in [-0.2, 0) is 0 Å². The van der Waals surface area contributed by atoms with E-state index in [1.54, 1.807) is 0 Å². The highest BCUT2D eigenvalue weighted by Gasteiger charge is 2.13. The highest BCUT2D eigenvalue weighted by atomic mass is 14.8. The molecule has 0 unspecified atom stereocenters. The highest BCUT2D eigenvalue weighted by molar-refractivity contribution is 5.86. The van der Waals surface area contributed by atoms with Gasteiger partial charge in [0.15, 0.2) is 0 Å². The van der Waals surface area contributed by atoms with E-state index in [1.807, 2.05) is 0 Å². The number of nitrogens with zero attached hydrogens (tertiary/aromatic N) is 1. The van der Waals surface area contributed by atoms with Crippen molar-refractivity contribution >= 4 is 5.71 Å². The Morgan fingerprint density at radius 1 is 1.33 bits per heavy atom. The molecule has 1 heterocycles. The standard InChI is InChI=1S/C11H15N/c1-2-10-8-7-9-5-3-4-6-11(9)12-10/h3,5H,2,4,6-8H2,1H3. The van der Waals surface area contributed by atoms with Crippen molar-refractivity contribution in [1.29, 1.82) is 0 Å². The topological polar surface area (TPSA) is 12.4 Å². The Balaban J connectivity index is 2.26. The molecule has 0 aromatic heterocycles. The quantitative estimate of drug-likeness (QED) is 0.560. The summed E-state index contributed by atoms with van der Waals surface area (Å²) in [6.45, 7) is 2.20. The summed E-state index contributed by atoms with van der Waals surface area (Å²) in [6.07, 6.45) is 10.4. The van der Waals surface area contributed by atoms with E-state index in [0.29, 0.717) is 0 Å². The summed E-state index contributed by atoms with van der Waals surface area (Å²) in [7, 11) is 0. The molecule has 0 atom stereocenters. The molecule has 1 heteroatoms. The van der Waals surface area contributed by atoms with Gasteiger partial charge in [0.2, 0.25) is 0 Å². The van der Waals surface area contributed by atoms with Crippen LogP contribution in [0, 0.1) is 0 Å². The maximum Gasteiger partial charge on any atom is 0.0438 e. The van der Waals surface area contributed by atoms with E-state index in [9.17, 15) is 0 Å². The molecule has 12 heavy (non-hydrogen) atoms. The van der Waals surface area contributed by atoms with E-state index in [1.165, 1.54) is 36.2 Å². The average molecular weight is 161 g/mol. The van der Waals surface area contributed by atoms with Gasteiger partial charge in [-0.1, -0.05) is 19.1 Å². The second-order valence-electron chi connectivity index (χ2n) is 3.44. The first kappa shape index (κ1) is 7.78. The zero-order valence-electron chi connectivity index (χ0n) is 7.64.